The van der Waals surface area contributed by atoms with Gasteiger partial charge in [-0.3, -0.25) is 37.5 Å². The van der Waals surface area contributed by atoms with Crippen molar-refractivity contribution < 1.29 is 100 Å². The van der Waals surface area contributed by atoms with Gasteiger partial charge in [0.25, 0.3) is 52.3 Å². The summed E-state index contributed by atoms with van der Waals surface area (Å²) in [5.41, 5.74) is 3.30. The second-order valence-electron chi connectivity index (χ2n) is 21.5. The number of rotatable bonds is 28. The predicted octanol–water partition coefficient (Wildman–Crippen LogP) is 8.35. The van der Waals surface area contributed by atoms with Gasteiger partial charge < -0.3 is 10.2 Å². The lowest BCUT2D eigenvalue weighted by Gasteiger charge is -2.27. The molecule has 0 spiro atoms. The van der Waals surface area contributed by atoms with Crippen LogP contribution in [0.15, 0.2) is 135 Å². The Hall–Kier alpha value is -6.24. The summed E-state index contributed by atoms with van der Waals surface area (Å²) in [6, 6.07) is 19.1. The molecule has 466 valence electrons. The molecule has 7 N–H and O–H groups in total. The number of carbonyl (C=O) groups is 3. The first-order valence-electron chi connectivity index (χ1n) is 26.6. The number of fused-ring (bicyclic) bond motifs is 6. The van der Waals surface area contributed by atoms with Crippen LogP contribution in [0.4, 0.5) is 11.4 Å². The maximum absolute atomic E-state index is 13.2. The summed E-state index contributed by atoms with van der Waals surface area (Å²) >= 11 is 0.947. The standard InChI is InChI=1S/C56H60N4O21S6/c1-55(2)48(59(26-6-8-29-85(69,70)71)45-18-16-41-42(53(45)55)31-38(82-80-78-64)32-47(41)87(75,76)77)19-13-36(37-11-9-10-35(30-37)12-21-50(61)57-24-27-60-51(62)22-23-52(60)63)14-20-49-56(3,4)54-43-33-39(86(72,73)74)34-46(83-81-79-65)40(43)15-17-44(54)58(49)25-5-7-28-84(66,67)68/h9-11,13-20,22-23,30-34H,5-8,12,21,24-29H2,1-4H3,(H6-,57,61,64,65,66,67,68,69,70,71,72,73,74,75,76,77)/p+1. The molecule has 0 radical (unpaired) electrons. The molecule has 0 unspecified atom stereocenters. The molecule has 0 saturated carbocycles. The Labute approximate surface area is 510 Å². The molecule has 87 heavy (non-hydrogen) atoms. The Balaban J connectivity index is 1.30. The van der Waals surface area contributed by atoms with E-state index in [0.29, 0.717) is 85.3 Å². The van der Waals surface area contributed by atoms with Crippen molar-refractivity contribution in [2.45, 2.75) is 96.6 Å². The summed E-state index contributed by atoms with van der Waals surface area (Å²) in [4.78, 5) is 39.5. The van der Waals surface area contributed by atoms with E-state index in [-0.39, 0.29) is 85.8 Å². The van der Waals surface area contributed by atoms with Gasteiger partial charge >= 0.3 is 0 Å². The minimum atomic E-state index is -4.89. The van der Waals surface area contributed by atoms with Crippen LogP contribution in [0.5, 0.6) is 0 Å². The summed E-state index contributed by atoms with van der Waals surface area (Å²) < 4.78 is 151. The van der Waals surface area contributed by atoms with E-state index in [1.165, 1.54) is 12.1 Å². The maximum Gasteiger partial charge on any atom is 0.295 e. The summed E-state index contributed by atoms with van der Waals surface area (Å²) in [7, 11) is -18.4. The normalized spacial score (nSPS) is 16.6. The number of amides is 3. The van der Waals surface area contributed by atoms with Gasteiger partial charge in [0.2, 0.25) is 11.6 Å². The third-order valence-electron chi connectivity index (χ3n) is 15.1. The molecule has 0 bridgehead atoms. The van der Waals surface area contributed by atoms with Crippen LogP contribution >= 0.6 is 24.1 Å². The first kappa shape index (κ1) is 66.7. The van der Waals surface area contributed by atoms with Crippen molar-refractivity contribution >= 4 is 126 Å². The molecule has 0 saturated heterocycles. The molecule has 0 aliphatic carbocycles. The highest BCUT2D eigenvalue weighted by Gasteiger charge is 2.46. The number of unbranched alkanes of at least 4 members (excludes halogenated alkanes) is 2. The largest absolute Gasteiger partial charge is 0.354 e. The van der Waals surface area contributed by atoms with Crippen molar-refractivity contribution in [3.63, 3.8) is 0 Å². The highest BCUT2D eigenvalue weighted by atomic mass is 32.2. The molecule has 5 aromatic rings. The van der Waals surface area contributed by atoms with Crippen LogP contribution in [-0.2, 0) is 90.9 Å². The van der Waals surface area contributed by atoms with Crippen molar-refractivity contribution in [3.05, 3.63) is 137 Å². The summed E-state index contributed by atoms with van der Waals surface area (Å²) in [5.74, 6) is -2.39. The number of anilines is 1. The number of hydrogen-bond acceptors (Lipinski definition) is 20. The number of hydrogen-bond donors (Lipinski definition) is 7. The van der Waals surface area contributed by atoms with E-state index in [1.807, 2.05) is 79.7 Å². The molecule has 3 aliphatic heterocycles. The van der Waals surface area contributed by atoms with Gasteiger partial charge in [0.1, 0.15) is 11.4 Å². The van der Waals surface area contributed by atoms with Crippen LogP contribution in [0, 0.1) is 0 Å². The van der Waals surface area contributed by atoms with Gasteiger partial charge in [-0.1, -0.05) is 60.3 Å². The lowest BCUT2D eigenvalue weighted by molar-refractivity contribution is -0.438. The second-order valence-corrected chi connectivity index (χ2v) is 29.0. The van der Waals surface area contributed by atoms with E-state index in [9.17, 15) is 66.3 Å². The van der Waals surface area contributed by atoms with Crippen LogP contribution in [0.1, 0.15) is 82.1 Å². The Morgan fingerprint density at radius 3 is 2.00 bits per heavy atom. The van der Waals surface area contributed by atoms with Crippen molar-refractivity contribution in [1.82, 2.24) is 10.2 Å². The van der Waals surface area contributed by atoms with Crippen LogP contribution in [-0.4, -0.2) is 133 Å². The van der Waals surface area contributed by atoms with E-state index in [1.54, 1.807) is 30.3 Å². The molecule has 0 atom stereocenters. The molecule has 0 aromatic heterocycles. The third kappa shape index (κ3) is 15.6. The molecule has 31 heteroatoms. The monoisotopic (exact) mass is 1320 g/mol. The minimum absolute atomic E-state index is 0.0116. The number of benzene rings is 5. The zero-order chi connectivity index (χ0) is 63.4. The molecule has 3 amide bonds. The number of carbonyl (C=O) groups excluding carboxylic acids is 3. The fourth-order valence-corrected chi connectivity index (χ4v) is 14.8. The Morgan fingerprint density at radius 1 is 0.690 bits per heavy atom. The zero-order valence-electron chi connectivity index (χ0n) is 47.0. The first-order chi connectivity index (χ1) is 40.8. The van der Waals surface area contributed by atoms with E-state index >= 15 is 0 Å². The molecule has 8 rings (SSSR count). The third-order valence-corrected chi connectivity index (χ3v) is 19.6. The van der Waals surface area contributed by atoms with Crippen LogP contribution in [0.25, 0.3) is 27.1 Å². The second kappa shape index (κ2) is 26.8. The van der Waals surface area contributed by atoms with Crippen molar-refractivity contribution in [2.75, 3.05) is 42.6 Å². The van der Waals surface area contributed by atoms with Gasteiger partial charge in [-0.05, 0) is 127 Å². The Bertz CT molecular complexity index is 4200. The SMILES string of the molecule is CC1(C)C(/C=C/C(=C/C=C2/N(CCCCS(=O)(=O)O)c3ccc4c(S(=O)(=O)O)cc(SOOO)cc4c3C2(C)C)c2cccc(CCC(=O)NCCN3C(=O)C=CC3=O)c2)=[N+](CCCCS(=O)(=O)O)c2ccc3c(SOOO)cc(S(=O)(=O)O)cc3c21. The van der Waals surface area contributed by atoms with Gasteiger partial charge in [-0.15, -0.1) is 8.67 Å². The molecular weight excluding hydrogens is 1260 g/mol. The number of nitrogens with zero attached hydrogens (tertiary/aromatic N) is 3. The topological polar surface area (TPSA) is 368 Å². The number of nitrogens with one attached hydrogen (secondary N) is 1. The number of imide groups is 1. The fraction of sp³-hybridized carbons (Fsp3) is 0.321. The van der Waals surface area contributed by atoms with Crippen molar-refractivity contribution in [3.8, 4) is 0 Å². The molecule has 0 fully saturated rings. The molecular formula is C56H61N4O21S6+. The van der Waals surface area contributed by atoms with Gasteiger partial charge in [0, 0.05) is 94.3 Å². The summed E-state index contributed by atoms with van der Waals surface area (Å²) in [5, 5.41) is 29.7. The zero-order valence-corrected chi connectivity index (χ0v) is 51.9. The molecule has 3 heterocycles. The first-order valence-corrected chi connectivity index (χ1v) is 34.2. The van der Waals surface area contributed by atoms with Crippen LogP contribution in [0.2, 0.25) is 0 Å². The van der Waals surface area contributed by atoms with Crippen molar-refractivity contribution in [1.29, 1.82) is 0 Å². The van der Waals surface area contributed by atoms with Gasteiger partial charge in [0.05, 0.1) is 45.9 Å². The average molecular weight is 1320 g/mol. The lowest BCUT2D eigenvalue weighted by Crippen LogP contribution is -2.38. The maximum atomic E-state index is 13.2. The Kier molecular flexibility index (Phi) is 20.6. The molecule has 25 nitrogen and oxygen atoms in total. The number of allylic oxidation sites excluding steroid dienone is 6. The molecule has 5 aromatic carbocycles. The summed E-state index contributed by atoms with van der Waals surface area (Å²) in [6.45, 7) is 7.85. The lowest BCUT2D eigenvalue weighted by atomic mass is 9.78. The van der Waals surface area contributed by atoms with E-state index in [0.717, 1.165) is 34.7 Å². The minimum Gasteiger partial charge on any atom is -0.354 e. The van der Waals surface area contributed by atoms with Crippen LogP contribution in [0.3, 0.4) is 0 Å². The highest BCUT2D eigenvalue weighted by molar-refractivity contribution is 7.95. The van der Waals surface area contributed by atoms with Crippen LogP contribution < -0.4 is 10.2 Å². The van der Waals surface area contributed by atoms with E-state index in [4.69, 9.17) is 14.8 Å². The average Bonchev–Trinajstić information content (AvgIpc) is 1.62. The van der Waals surface area contributed by atoms with E-state index < -0.39 is 84.4 Å². The fourth-order valence-electron chi connectivity index (χ4n) is 11.3. The van der Waals surface area contributed by atoms with E-state index in [2.05, 4.69) is 19.7 Å². The van der Waals surface area contributed by atoms with Gasteiger partial charge in [-0.25, -0.2) is 10.5 Å². The van der Waals surface area contributed by atoms with Crippen molar-refractivity contribution in [2.24, 2.45) is 0 Å². The smallest absolute Gasteiger partial charge is 0.295 e. The summed E-state index contributed by atoms with van der Waals surface area (Å²) in [6.07, 6.45) is 10.4. The molecule has 3 aliphatic rings. The predicted molar refractivity (Wildman–Crippen MR) is 322 cm³/mol. The number of aryl methyl sites for hydroxylation is 1. The van der Waals surface area contributed by atoms with Gasteiger partial charge in [-0.2, -0.15) is 38.2 Å². The quantitative estimate of drug-likeness (QED) is 0.00361. The van der Waals surface area contributed by atoms with Gasteiger partial charge in [0.15, 0.2) is 5.71 Å². The highest BCUT2D eigenvalue weighted by Crippen LogP contribution is 2.53. The Morgan fingerprint density at radius 2 is 1.34 bits per heavy atom.